The van der Waals surface area contributed by atoms with Crippen molar-refractivity contribution >= 4 is 17.9 Å². The van der Waals surface area contributed by atoms with Gasteiger partial charge >= 0.3 is 12.0 Å². The molecule has 0 unspecified atom stereocenters. The molecule has 0 atom stereocenters. The summed E-state index contributed by atoms with van der Waals surface area (Å²) in [6, 6.07) is -0.301. The van der Waals surface area contributed by atoms with Gasteiger partial charge in [0.05, 0.1) is 0 Å². The number of carbonyl (C=O) groups is 3. The van der Waals surface area contributed by atoms with Gasteiger partial charge in [0.2, 0.25) is 5.91 Å². The van der Waals surface area contributed by atoms with Crippen LogP contribution in [0.25, 0.3) is 0 Å². The number of carboxylic acids is 1. The molecule has 1 saturated heterocycles. The number of hydrogen-bond donors (Lipinski definition) is 2. The van der Waals surface area contributed by atoms with Crippen molar-refractivity contribution in [2.24, 2.45) is 11.7 Å². The Balaban J connectivity index is 2.53. The minimum atomic E-state index is -1.05. The summed E-state index contributed by atoms with van der Waals surface area (Å²) in [5.74, 6) is -1.17. The molecule has 7 nitrogen and oxygen atoms in total. The van der Waals surface area contributed by atoms with E-state index in [2.05, 4.69) is 6.58 Å². The standard InChI is InChI=1S/C13H21N3O4/c1-2-5-16(9-12(18)19)13(20)15-6-3-10(4-7-15)8-11(14)17/h2,10H,1,3-9H2,(H2,14,17)(H,18,19). The van der Waals surface area contributed by atoms with E-state index in [-0.39, 0.29) is 30.9 Å². The zero-order valence-corrected chi connectivity index (χ0v) is 11.5. The molecule has 0 aromatic carbocycles. The predicted octanol–water partition coefficient (Wildman–Crippen LogP) is 0.266. The van der Waals surface area contributed by atoms with Gasteiger partial charge in [0.25, 0.3) is 0 Å². The summed E-state index contributed by atoms with van der Waals surface area (Å²) in [7, 11) is 0. The highest BCUT2D eigenvalue weighted by Crippen LogP contribution is 2.21. The highest BCUT2D eigenvalue weighted by Gasteiger charge is 2.27. The lowest BCUT2D eigenvalue weighted by Gasteiger charge is -2.34. The molecule has 1 heterocycles. The molecule has 20 heavy (non-hydrogen) atoms. The predicted molar refractivity (Wildman–Crippen MR) is 72.9 cm³/mol. The second-order valence-corrected chi connectivity index (χ2v) is 4.95. The average molecular weight is 283 g/mol. The van der Waals surface area contributed by atoms with Gasteiger partial charge in [-0.15, -0.1) is 6.58 Å². The number of hydrogen-bond acceptors (Lipinski definition) is 3. The van der Waals surface area contributed by atoms with E-state index < -0.39 is 5.97 Å². The summed E-state index contributed by atoms with van der Waals surface area (Å²) in [5, 5.41) is 8.80. The largest absolute Gasteiger partial charge is 0.480 e. The van der Waals surface area contributed by atoms with E-state index in [4.69, 9.17) is 10.8 Å². The van der Waals surface area contributed by atoms with Gasteiger partial charge < -0.3 is 20.6 Å². The smallest absolute Gasteiger partial charge is 0.323 e. The first-order chi connectivity index (χ1) is 9.43. The quantitative estimate of drug-likeness (QED) is 0.682. The molecule has 1 aliphatic heterocycles. The van der Waals surface area contributed by atoms with Gasteiger partial charge in [-0.2, -0.15) is 0 Å². The van der Waals surface area contributed by atoms with Crippen LogP contribution in [-0.4, -0.2) is 59.0 Å². The molecule has 1 fully saturated rings. The molecule has 0 bridgehead atoms. The molecular weight excluding hydrogens is 262 g/mol. The fourth-order valence-electron chi connectivity index (χ4n) is 2.34. The van der Waals surface area contributed by atoms with Crippen molar-refractivity contribution in [3.05, 3.63) is 12.7 Å². The second kappa shape index (κ2) is 7.52. The van der Waals surface area contributed by atoms with Crippen molar-refractivity contribution in [3.8, 4) is 0 Å². The minimum Gasteiger partial charge on any atom is -0.480 e. The van der Waals surface area contributed by atoms with Crippen LogP contribution in [0.1, 0.15) is 19.3 Å². The number of carboxylic acid groups (broad SMARTS) is 1. The summed E-state index contributed by atoms with van der Waals surface area (Å²) in [4.78, 5) is 36.7. The fourth-order valence-corrected chi connectivity index (χ4v) is 2.34. The Kier molecular flexibility index (Phi) is 6.02. The van der Waals surface area contributed by atoms with E-state index in [0.717, 1.165) is 0 Å². The molecule has 112 valence electrons. The molecular formula is C13H21N3O4. The maximum absolute atomic E-state index is 12.2. The van der Waals surface area contributed by atoms with Crippen molar-refractivity contribution in [1.82, 2.24) is 9.80 Å². The first-order valence-corrected chi connectivity index (χ1v) is 6.59. The highest BCUT2D eigenvalue weighted by atomic mass is 16.4. The number of nitrogens with zero attached hydrogens (tertiary/aromatic N) is 2. The first-order valence-electron chi connectivity index (χ1n) is 6.59. The number of nitrogens with two attached hydrogens (primary N) is 1. The molecule has 0 aromatic rings. The van der Waals surface area contributed by atoms with E-state index in [1.165, 1.54) is 11.0 Å². The maximum Gasteiger partial charge on any atom is 0.323 e. The lowest BCUT2D eigenvalue weighted by atomic mass is 9.93. The second-order valence-electron chi connectivity index (χ2n) is 4.95. The first kappa shape index (κ1) is 16.0. The molecule has 0 saturated carbocycles. The lowest BCUT2D eigenvalue weighted by Crippen LogP contribution is -2.48. The number of carbonyl (C=O) groups excluding carboxylic acids is 2. The Morgan fingerprint density at radius 1 is 1.35 bits per heavy atom. The Bertz CT molecular complexity index is 389. The van der Waals surface area contributed by atoms with Crippen LogP contribution in [0, 0.1) is 5.92 Å². The Morgan fingerprint density at radius 2 is 1.95 bits per heavy atom. The van der Waals surface area contributed by atoms with Crippen LogP contribution in [0.2, 0.25) is 0 Å². The van der Waals surface area contributed by atoms with E-state index in [1.807, 2.05) is 0 Å². The lowest BCUT2D eigenvalue weighted by molar-refractivity contribution is -0.137. The summed E-state index contributed by atoms with van der Waals surface area (Å²) < 4.78 is 0. The Labute approximate surface area is 118 Å². The average Bonchev–Trinajstić information content (AvgIpc) is 2.37. The molecule has 0 aromatic heterocycles. The Morgan fingerprint density at radius 3 is 2.40 bits per heavy atom. The number of piperidine rings is 1. The van der Waals surface area contributed by atoms with Crippen LogP contribution >= 0.6 is 0 Å². The molecule has 3 amide bonds. The summed E-state index contributed by atoms with van der Waals surface area (Å²) in [6.45, 7) is 4.42. The zero-order chi connectivity index (χ0) is 15.1. The fraction of sp³-hybridized carbons (Fsp3) is 0.615. The van der Waals surface area contributed by atoms with Crippen molar-refractivity contribution in [2.45, 2.75) is 19.3 Å². The molecule has 7 heteroatoms. The van der Waals surface area contributed by atoms with Crippen LogP contribution < -0.4 is 5.73 Å². The minimum absolute atomic E-state index is 0.201. The number of likely N-dealkylation sites (tertiary alicyclic amines) is 1. The van der Waals surface area contributed by atoms with Crippen LogP contribution in [0.4, 0.5) is 4.79 Å². The number of primary amides is 1. The number of aliphatic carboxylic acids is 1. The Hall–Kier alpha value is -2.05. The molecule has 0 spiro atoms. The number of amides is 3. The van der Waals surface area contributed by atoms with Gasteiger partial charge in [-0.1, -0.05) is 6.08 Å². The molecule has 0 radical (unpaired) electrons. The molecule has 0 aliphatic carbocycles. The third-order valence-corrected chi connectivity index (χ3v) is 3.32. The van der Waals surface area contributed by atoms with Gasteiger partial charge in [-0.25, -0.2) is 4.79 Å². The van der Waals surface area contributed by atoms with E-state index in [1.54, 1.807) is 4.90 Å². The molecule has 1 aliphatic rings. The molecule has 1 rings (SSSR count). The topological polar surface area (TPSA) is 104 Å². The maximum atomic E-state index is 12.2. The van der Waals surface area contributed by atoms with Crippen LogP contribution in [0.5, 0.6) is 0 Å². The highest BCUT2D eigenvalue weighted by molar-refractivity contribution is 5.80. The molecule has 3 N–H and O–H groups in total. The van der Waals surface area contributed by atoms with Crippen molar-refractivity contribution < 1.29 is 19.5 Å². The van der Waals surface area contributed by atoms with Gasteiger partial charge in [-0.3, -0.25) is 9.59 Å². The SMILES string of the molecule is C=CCN(CC(=O)O)C(=O)N1CCC(CC(N)=O)CC1. The number of urea groups is 1. The third-order valence-electron chi connectivity index (χ3n) is 3.32. The van der Waals surface area contributed by atoms with E-state index in [0.29, 0.717) is 32.4 Å². The van der Waals surface area contributed by atoms with Gasteiger partial charge in [0.15, 0.2) is 0 Å². The summed E-state index contributed by atoms with van der Waals surface area (Å²) >= 11 is 0. The number of rotatable bonds is 6. The van der Waals surface area contributed by atoms with Crippen molar-refractivity contribution in [2.75, 3.05) is 26.2 Å². The van der Waals surface area contributed by atoms with Crippen molar-refractivity contribution in [3.63, 3.8) is 0 Å². The van der Waals surface area contributed by atoms with E-state index >= 15 is 0 Å². The van der Waals surface area contributed by atoms with Gasteiger partial charge in [0.1, 0.15) is 6.54 Å². The van der Waals surface area contributed by atoms with Crippen molar-refractivity contribution in [1.29, 1.82) is 0 Å². The van der Waals surface area contributed by atoms with Crippen LogP contribution in [0.15, 0.2) is 12.7 Å². The zero-order valence-electron chi connectivity index (χ0n) is 11.5. The third kappa shape index (κ3) is 4.91. The summed E-state index contributed by atoms with van der Waals surface area (Å²) in [6.07, 6.45) is 3.27. The van der Waals surface area contributed by atoms with Crippen LogP contribution in [-0.2, 0) is 9.59 Å². The monoisotopic (exact) mass is 283 g/mol. The van der Waals surface area contributed by atoms with Gasteiger partial charge in [0, 0.05) is 26.1 Å². The van der Waals surface area contributed by atoms with E-state index in [9.17, 15) is 14.4 Å². The summed E-state index contributed by atoms with van der Waals surface area (Å²) in [5.41, 5.74) is 5.16. The van der Waals surface area contributed by atoms with Crippen LogP contribution in [0.3, 0.4) is 0 Å². The van der Waals surface area contributed by atoms with Gasteiger partial charge in [-0.05, 0) is 18.8 Å². The normalized spacial score (nSPS) is 15.7.